The lowest BCUT2D eigenvalue weighted by molar-refractivity contribution is -0.148. The van der Waals surface area contributed by atoms with Gasteiger partial charge in [0, 0.05) is 46.5 Å². The second-order valence-corrected chi connectivity index (χ2v) is 6.32. The molecule has 3 heterocycles. The van der Waals surface area contributed by atoms with Crippen molar-refractivity contribution in [2.45, 2.75) is 12.0 Å². The normalized spacial score (nSPS) is 25.2. The molecule has 122 valence electrons. The summed E-state index contributed by atoms with van der Waals surface area (Å²) in [4.78, 5) is 30.9. The van der Waals surface area contributed by atoms with Crippen LogP contribution in [0, 0.1) is 11.3 Å². The second kappa shape index (κ2) is 5.70. The number of likely N-dealkylation sites (N-methyl/N-ethyl adjacent to an activating group) is 1. The largest absolute Gasteiger partial charge is 0.347 e. The maximum absolute atomic E-state index is 12.8. The van der Waals surface area contributed by atoms with Crippen LogP contribution in [0.5, 0.6) is 0 Å². The number of piperazine rings is 1. The molecule has 0 N–H and O–H groups in total. The van der Waals surface area contributed by atoms with Crippen LogP contribution in [0.2, 0.25) is 0 Å². The summed E-state index contributed by atoms with van der Waals surface area (Å²) in [7, 11) is 3.62. The van der Waals surface area contributed by atoms with E-state index in [2.05, 4.69) is 6.07 Å². The molecule has 1 spiro atoms. The molecule has 7 nitrogen and oxygen atoms in total. The first kappa shape index (κ1) is 15.6. The standard InChI is InChI=1S/C16H21N5O2/c1-18-7-3-4-13(18)14(22)20-8-5-16(12-20)15(23)19(2)10-11-21(16)9-6-17/h3-4,7H,5,8-12H2,1-2H3/t16-/m0/s1. The van der Waals surface area contributed by atoms with Crippen LogP contribution < -0.4 is 0 Å². The zero-order valence-corrected chi connectivity index (χ0v) is 13.5. The molecular weight excluding hydrogens is 294 g/mol. The topological polar surface area (TPSA) is 72.6 Å². The fourth-order valence-electron chi connectivity index (χ4n) is 3.64. The average Bonchev–Trinajstić information content (AvgIpc) is 3.15. The molecule has 2 amide bonds. The highest BCUT2D eigenvalue weighted by Crippen LogP contribution is 2.33. The maximum atomic E-state index is 12.8. The number of aromatic nitrogens is 1. The third kappa shape index (κ3) is 2.39. The van der Waals surface area contributed by atoms with Crippen molar-refractivity contribution < 1.29 is 9.59 Å². The Labute approximate surface area is 135 Å². The van der Waals surface area contributed by atoms with Gasteiger partial charge in [-0.1, -0.05) is 0 Å². The van der Waals surface area contributed by atoms with Gasteiger partial charge in [-0.05, 0) is 18.6 Å². The molecule has 2 aliphatic heterocycles. The highest BCUT2D eigenvalue weighted by molar-refractivity contribution is 5.95. The summed E-state index contributed by atoms with van der Waals surface area (Å²) >= 11 is 0. The Morgan fingerprint density at radius 2 is 2.13 bits per heavy atom. The predicted molar refractivity (Wildman–Crippen MR) is 83.5 cm³/mol. The van der Waals surface area contributed by atoms with Gasteiger partial charge < -0.3 is 14.4 Å². The molecule has 1 aromatic rings. The smallest absolute Gasteiger partial charge is 0.270 e. The number of rotatable bonds is 2. The Balaban J connectivity index is 1.86. The summed E-state index contributed by atoms with van der Waals surface area (Å²) in [5.41, 5.74) is -0.130. The first-order chi connectivity index (χ1) is 11.0. The van der Waals surface area contributed by atoms with Crippen molar-refractivity contribution in [2.24, 2.45) is 7.05 Å². The molecule has 3 rings (SSSR count). The number of carbonyl (C=O) groups excluding carboxylic acids is 2. The fourth-order valence-corrected chi connectivity index (χ4v) is 3.64. The molecule has 0 unspecified atom stereocenters. The number of nitrogens with zero attached hydrogens (tertiary/aromatic N) is 5. The van der Waals surface area contributed by atoms with Crippen LogP contribution >= 0.6 is 0 Å². The number of aryl methyl sites for hydroxylation is 1. The summed E-state index contributed by atoms with van der Waals surface area (Å²) < 4.78 is 1.79. The molecule has 0 bridgehead atoms. The van der Waals surface area contributed by atoms with E-state index < -0.39 is 5.54 Å². The molecule has 0 aliphatic carbocycles. The van der Waals surface area contributed by atoms with Gasteiger partial charge in [-0.25, -0.2) is 0 Å². The highest BCUT2D eigenvalue weighted by Gasteiger charge is 2.53. The Hall–Kier alpha value is -2.33. The van der Waals surface area contributed by atoms with Crippen molar-refractivity contribution in [1.82, 2.24) is 19.3 Å². The number of amides is 2. The summed E-state index contributed by atoms with van der Waals surface area (Å²) in [6.45, 7) is 2.38. The van der Waals surface area contributed by atoms with Gasteiger partial charge in [-0.3, -0.25) is 14.5 Å². The minimum atomic E-state index is -0.746. The molecule has 1 aromatic heterocycles. The molecule has 2 saturated heterocycles. The third-order valence-electron chi connectivity index (χ3n) is 5.01. The Kier molecular flexibility index (Phi) is 3.86. The van der Waals surface area contributed by atoms with Crippen LogP contribution in [0.1, 0.15) is 16.9 Å². The van der Waals surface area contributed by atoms with E-state index >= 15 is 0 Å². The van der Waals surface area contributed by atoms with Gasteiger partial charge in [0.2, 0.25) is 5.91 Å². The lowest BCUT2D eigenvalue weighted by Gasteiger charge is -2.45. The average molecular weight is 315 g/mol. The van der Waals surface area contributed by atoms with Crippen molar-refractivity contribution in [2.75, 3.05) is 39.8 Å². The van der Waals surface area contributed by atoms with E-state index in [4.69, 9.17) is 5.26 Å². The van der Waals surface area contributed by atoms with Gasteiger partial charge in [-0.2, -0.15) is 5.26 Å². The van der Waals surface area contributed by atoms with Gasteiger partial charge in [0.05, 0.1) is 12.6 Å². The van der Waals surface area contributed by atoms with Gasteiger partial charge >= 0.3 is 0 Å². The Morgan fingerprint density at radius 3 is 2.78 bits per heavy atom. The third-order valence-corrected chi connectivity index (χ3v) is 5.01. The number of hydrogen-bond acceptors (Lipinski definition) is 4. The van der Waals surface area contributed by atoms with E-state index in [9.17, 15) is 9.59 Å². The van der Waals surface area contributed by atoms with Crippen LogP contribution in [-0.4, -0.2) is 76.4 Å². The van der Waals surface area contributed by atoms with Crippen molar-refractivity contribution in [3.63, 3.8) is 0 Å². The number of hydrogen-bond donors (Lipinski definition) is 0. The first-order valence-electron chi connectivity index (χ1n) is 7.78. The van der Waals surface area contributed by atoms with Crippen molar-refractivity contribution in [3.8, 4) is 6.07 Å². The Bertz CT molecular complexity index is 676. The summed E-state index contributed by atoms with van der Waals surface area (Å²) in [5, 5.41) is 9.08. The summed E-state index contributed by atoms with van der Waals surface area (Å²) in [5.74, 6) is -0.0477. The zero-order valence-electron chi connectivity index (χ0n) is 13.5. The summed E-state index contributed by atoms with van der Waals surface area (Å²) in [6.07, 6.45) is 2.41. The van der Waals surface area contributed by atoms with Crippen molar-refractivity contribution in [1.29, 1.82) is 5.26 Å². The van der Waals surface area contributed by atoms with E-state index in [1.165, 1.54) is 0 Å². The minimum Gasteiger partial charge on any atom is -0.347 e. The Morgan fingerprint density at radius 1 is 1.35 bits per heavy atom. The predicted octanol–water partition coefficient (Wildman–Crippen LogP) is -0.0926. The molecule has 0 aromatic carbocycles. The van der Waals surface area contributed by atoms with Crippen molar-refractivity contribution in [3.05, 3.63) is 24.0 Å². The fraction of sp³-hybridized carbons (Fsp3) is 0.562. The highest BCUT2D eigenvalue weighted by atomic mass is 16.2. The minimum absolute atomic E-state index is 0.0150. The van der Waals surface area contributed by atoms with E-state index in [0.29, 0.717) is 38.3 Å². The van der Waals surface area contributed by atoms with E-state index in [1.807, 2.05) is 24.2 Å². The van der Waals surface area contributed by atoms with Crippen LogP contribution in [0.3, 0.4) is 0 Å². The lowest BCUT2D eigenvalue weighted by atomic mass is 9.91. The SMILES string of the molecule is CN1CCN(CC#N)[C@]2(CCN(C(=O)c3cccn3C)C2)C1=O. The van der Waals surface area contributed by atoms with E-state index in [0.717, 1.165) is 0 Å². The summed E-state index contributed by atoms with van der Waals surface area (Å²) in [6, 6.07) is 5.77. The molecule has 2 aliphatic rings. The molecule has 0 radical (unpaired) electrons. The van der Waals surface area contributed by atoms with Crippen LogP contribution in [0.15, 0.2) is 18.3 Å². The molecule has 23 heavy (non-hydrogen) atoms. The van der Waals surface area contributed by atoms with Gasteiger partial charge in [0.15, 0.2) is 0 Å². The van der Waals surface area contributed by atoms with Crippen LogP contribution in [0.25, 0.3) is 0 Å². The second-order valence-electron chi connectivity index (χ2n) is 6.32. The van der Waals surface area contributed by atoms with Crippen LogP contribution in [0.4, 0.5) is 0 Å². The van der Waals surface area contributed by atoms with Gasteiger partial charge in [-0.15, -0.1) is 0 Å². The van der Waals surface area contributed by atoms with Gasteiger partial charge in [0.25, 0.3) is 5.91 Å². The van der Waals surface area contributed by atoms with Crippen LogP contribution in [-0.2, 0) is 11.8 Å². The van der Waals surface area contributed by atoms with E-state index in [-0.39, 0.29) is 18.4 Å². The molecule has 1 atom stereocenters. The molecular formula is C16H21N5O2. The first-order valence-corrected chi connectivity index (χ1v) is 7.78. The molecule has 0 saturated carbocycles. The van der Waals surface area contributed by atoms with Gasteiger partial charge in [0.1, 0.15) is 11.2 Å². The number of carbonyl (C=O) groups is 2. The zero-order chi connectivity index (χ0) is 16.6. The van der Waals surface area contributed by atoms with E-state index in [1.54, 1.807) is 27.5 Å². The number of nitriles is 1. The lowest BCUT2D eigenvalue weighted by Crippen LogP contribution is -2.66. The van der Waals surface area contributed by atoms with Crippen molar-refractivity contribution >= 4 is 11.8 Å². The quantitative estimate of drug-likeness (QED) is 0.715. The monoisotopic (exact) mass is 315 g/mol. The number of likely N-dealkylation sites (tertiary alicyclic amines) is 1. The maximum Gasteiger partial charge on any atom is 0.270 e. The molecule has 7 heteroatoms. The molecule has 2 fully saturated rings.